The van der Waals surface area contributed by atoms with Crippen LogP contribution >= 0.6 is 0 Å². The molecular weight excluding hydrogens is 352 g/mol. The Bertz CT molecular complexity index is 1020. The molecule has 0 aliphatic heterocycles. The second-order valence-corrected chi connectivity index (χ2v) is 7.31. The van der Waals surface area contributed by atoms with Crippen molar-refractivity contribution in [3.8, 4) is 11.3 Å². The van der Waals surface area contributed by atoms with Crippen LogP contribution in [0.4, 0.5) is 11.4 Å². The van der Waals surface area contributed by atoms with Gasteiger partial charge < -0.3 is 5.32 Å². The Morgan fingerprint density at radius 2 is 1.62 bits per heavy atom. The largest absolute Gasteiger partial charge is 0.321 e. The quantitative estimate of drug-likeness (QED) is 0.721. The molecule has 7 nitrogen and oxygen atoms in total. The predicted octanol–water partition coefficient (Wildman–Crippen LogP) is 2.77. The first-order valence-electron chi connectivity index (χ1n) is 7.67. The van der Waals surface area contributed by atoms with E-state index in [-0.39, 0.29) is 11.6 Å². The van der Waals surface area contributed by atoms with Crippen molar-refractivity contribution in [2.24, 2.45) is 0 Å². The van der Waals surface area contributed by atoms with Gasteiger partial charge >= 0.3 is 0 Å². The maximum atomic E-state index is 12.3. The van der Waals surface area contributed by atoms with E-state index in [0.717, 1.165) is 6.26 Å². The Morgan fingerprint density at radius 3 is 2.27 bits per heavy atom. The van der Waals surface area contributed by atoms with E-state index >= 15 is 0 Å². The number of anilines is 2. The van der Waals surface area contributed by atoms with E-state index in [9.17, 15) is 13.2 Å². The second-order valence-electron chi connectivity index (χ2n) is 5.56. The van der Waals surface area contributed by atoms with E-state index in [1.165, 1.54) is 12.4 Å². The van der Waals surface area contributed by atoms with E-state index in [2.05, 4.69) is 20.0 Å². The average molecular weight is 368 g/mol. The zero-order valence-corrected chi connectivity index (χ0v) is 14.7. The molecule has 0 atom stereocenters. The lowest BCUT2D eigenvalue weighted by Gasteiger charge is -2.07. The average Bonchev–Trinajstić information content (AvgIpc) is 2.62. The molecule has 1 amide bonds. The summed E-state index contributed by atoms with van der Waals surface area (Å²) in [4.78, 5) is 20.7. The van der Waals surface area contributed by atoms with E-state index < -0.39 is 10.0 Å². The highest BCUT2D eigenvalue weighted by molar-refractivity contribution is 7.92. The van der Waals surface area contributed by atoms with Crippen molar-refractivity contribution in [2.75, 3.05) is 16.3 Å². The van der Waals surface area contributed by atoms with Crippen LogP contribution in [0.5, 0.6) is 0 Å². The molecule has 0 radical (unpaired) electrons. The lowest BCUT2D eigenvalue weighted by molar-refractivity contribution is 0.102. The molecule has 0 aliphatic rings. The van der Waals surface area contributed by atoms with Crippen molar-refractivity contribution in [3.05, 3.63) is 72.7 Å². The monoisotopic (exact) mass is 368 g/mol. The van der Waals surface area contributed by atoms with Crippen LogP contribution in [-0.2, 0) is 10.0 Å². The van der Waals surface area contributed by atoms with Gasteiger partial charge in [0.05, 0.1) is 24.3 Å². The van der Waals surface area contributed by atoms with E-state index in [1.54, 1.807) is 36.4 Å². The Hall–Kier alpha value is -3.26. The van der Waals surface area contributed by atoms with E-state index in [1.807, 2.05) is 18.2 Å². The summed E-state index contributed by atoms with van der Waals surface area (Å²) in [6.45, 7) is 0. The predicted molar refractivity (Wildman–Crippen MR) is 100 cm³/mol. The molecule has 0 aliphatic carbocycles. The number of para-hydroxylation sites is 1. The van der Waals surface area contributed by atoms with Crippen molar-refractivity contribution in [2.45, 2.75) is 0 Å². The summed E-state index contributed by atoms with van der Waals surface area (Å²) >= 11 is 0. The summed E-state index contributed by atoms with van der Waals surface area (Å²) in [5.74, 6) is -0.360. The fourth-order valence-corrected chi connectivity index (χ4v) is 2.82. The highest BCUT2D eigenvalue weighted by Gasteiger charge is 2.10. The Balaban J connectivity index is 1.79. The standard InChI is InChI=1S/C18H16N4O3S/c1-26(24,25)22-15-9-7-13(8-10-15)16-11-19-12-17(21-16)18(23)20-14-5-3-2-4-6-14/h2-12,22H,1H3,(H,20,23). The van der Waals surface area contributed by atoms with Crippen LogP contribution in [0.15, 0.2) is 67.0 Å². The number of benzene rings is 2. The molecule has 0 fully saturated rings. The van der Waals surface area contributed by atoms with Gasteiger partial charge in [-0.2, -0.15) is 0 Å². The zero-order valence-electron chi connectivity index (χ0n) is 13.9. The minimum Gasteiger partial charge on any atom is -0.321 e. The molecule has 132 valence electrons. The Labute approximate surface area is 151 Å². The molecule has 2 aromatic carbocycles. The number of rotatable bonds is 5. The molecule has 2 N–H and O–H groups in total. The van der Waals surface area contributed by atoms with Gasteiger partial charge in [-0.15, -0.1) is 0 Å². The van der Waals surface area contributed by atoms with Gasteiger partial charge in [0.2, 0.25) is 10.0 Å². The van der Waals surface area contributed by atoms with Crippen molar-refractivity contribution >= 4 is 27.3 Å². The zero-order chi connectivity index (χ0) is 18.6. The van der Waals surface area contributed by atoms with Crippen LogP contribution in [0.3, 0.4) is 0 Å². The number of nitrogens with one attached hydrogen (secondary N) is 2. The van der Waals surface area contributed by atoms with Crippen LogP contribution in [0.25, 0.3) is 11.3 Å². The Kier molecular flexibility index (Phi) is 4.94. The summed E-state index contributed by atoms with van der Waals surface area (Å²) in [6, 6.07) is 15.7. The minimum absolute atomic E-state index is 0.185. The first-order chi connectivity index (χ1) is 12.4. The number of carbonyl (C=O) groups is 1. The molecular formula is C18H16N4O3S. The van der Waals surface area contributed by atoms with Crippen molar-refractivity contribution in [1.29, 1.82) is 0 Å². The number of hydrogen-bond acceptors (Lipinski definition) is 5. The summed E-state index contributed by atoms with van der Waals surface area (Å²) in [6.07, 6.45) is 4.01. The summed E-state index contributed by atoms with van der Waals surface area (Å²) in [5, 5.41) is 2.75. The third kappa shape index (κ3) is 4.64. The fraction of sp³-hybridized carbons (Fsp3) is 0.0556. The number of carbonyl (C=O) groups excluding carboxylic acids is 1. The van der Waals surface area contributed by atoms with Crippen LogP contribution in [0, 0.1) is 0 Å². The molecule has 3 aromatic rings. The molecule has 1 heterocycles. The number of hydrogen-bond donors (Lipinski definition) is 2. The van der Waals surface area contributed by atoms with E-state index in [4.69, 9.17) is 0 Å². The third-order valence-corrected chi connectivity index (χ3v) is 3.99. The molecule has 0 saturated carbocycles. The van der Waals surface area contributed by atoms with Gasteiger partial charge in [0.25, 0.3) is 5.91 Å². The SMILES string of the molecule is CS(=O)(=O)Nc1ccc(-c2cncc(C(=O)Nc3ccccc3)n2)cc1. The number of nitrogens with zero attached hydrogens (tertiary/aromatic N) is 2. The lowest BCUT2D eigenvalue weighted by Crippen LogP contribution is -2.14. The van der Waals surface area contributed by atoms with Gasteiger partial charge in [-0.25, -0.2) is 13.4 Å². The third-order valence-electron chi connectivity index (χ3n) is 3.38. The molecule has 0 saturated heterocycles. The highest BCUT2D eigenvalue weighted by Crippen LogP contribution is 2.20. The number of amides is 1. The number of aromatic nitrogens is 2. The molecule has 0 bridgehead atoms. The van der Waals surface area contributed by atoms with Gasteiger partial charge in [-0.05, 0) is 24.3 Å². The molecule has 0 unspecified atom stereocenters. The maximum Gasteiger partial charge on any atom is 0.275 e. The van der Waals surface area contributed by atoms with Crippen LogP contribution in [-0.4, -0.2) is 30.5 Å². The van der Waals surface area contributed by atoms with Crippen LogP contribution < -0.4 is 10.0 Å². The van der Waals surface area contributed by atoms with E-state index in [0.29, 0.717) is 22.6 Å². The molecule has 3 rings (SSSR count). The first kappa shape index (κ1) is 17.6. The smallest absolute Gasteiger partial charge is 0.275 e. The number of sulfonamides is 1. The molecule has 1 aromatic heterocycles. The second kappa shape index (κ2) is 7.32. The van der Waals surface area contributed by atoms with Crippen LogP contribution in [0.2, 0.25) is 0 Å². The maximum absolute atomic E-state index is 12.3. The molecule has 0 spiro atoms. The van der Waals surface area contributed by atoms with Crippen molar-refractivity contribution in [3.63, 3.8) is 0 Å². The van der Waals surface area contributed by atoms with Gasteiger partial charge in [0, 0.05) is 16.9 Å². The van der Waals surface area contributed by atoms with Gasteiger partial charge in [-0.3, -0.25) is 14.5 Å². The lowest BCUT2D eigenvalue weighted by atomic mass is 10.1. The fourth-order valence-electron chi connectivity index (χ4n) is 2.25. The first-order valence-corrected chi connectivity index (χ1v) is 9.56. The normalized spacial score (nSPS) is 11.0. The van der Waals surface area contributed by atoms with Gasteiger partial charge in [-0.1, -0.05) is 30.3 Å². The van der Waals surface area contributed by atoms with Crippen LogP contribution in [0.1, 0.15) is 10.5 Å². The van der Waals surface area contributed by atoms with Gasteiger partial charge in [0.1, 0.15) is 5.69 Å². The summed E-state index contributed by atoms with van der Waals surface area (Å²) < 4.78 is 24.9. The molecule has 26 heavy (non-hydrogen) atoms. The minimum atomic E-state index is -3.33. The van der Waals surface area contributed by atoms with Crippen molar-refractivity contribution < 1.29 is 13.2 Å². The highest BCUT2D eigenvalue weighted by atomic mass is 32.2. The van der Waals surface area contributed by atoms with Gasteiger partial charge in [0.15, 0.2) is 0 Å². The summed E-state index contributed by atoms with van der Waals surface area (Å²) in [5.41, 5.74) is 2.52. The molecule has 8 heteroatoms. The summed E-state index contributed by atoms with van der Waals surface area (Å²) in [7, 11) is -3.33. The van der Waals surface area contributed by atoms with Crippen molar-refractivity contribution in [1.82, 2.24) is 9.97 Å². The Morgan fingerprint density at radius 1 is 0.923 bits per heavy atom. The topological polar surface area (TPSA) is 101 Å².